The highest BCUT2D eigenvalue weighted by Crippen LogP contribution is 2.23. The Morgan fingerprint density at radius 1 is 1.27 bits per heavy atom. The molecule has 2 N–H and O–H groups in total. The number of benzene rings is 2. The molecule has 1 unspecified atom stereocenters. The van der Waals surface area contributed by atoms with E-state index in [1.807, 2.05) is 30.3 Å². The van der Waals surface area contributed by atoms with Crippen LogP contribution in [0.5, 0.6) is 5.75 Å². The molecule has 1 atom stereocenters. The van der Waals surface area contributed by atoms with E-state index >= 15 is 0 Å². The summed E-state index contributed by atoms with van der Waals surface area (Å²) in [6.45, 7) is 1.78. The fourth-order valence-corrected chi connectivity index (χ4v) is 2.48. The highest BCUT2D eigenvalue weighted by Gasteiger charge is 2.24. The van der Waals surface area contributed by atoms with E-state index in [0.717, 1.165) is 5.56 Å². The fourth-order valence-electron chi connectivity index (χ4n) is 2.05. The highest BCUT2D eigenvalue weighted by atomic mass is 79.9. The standard InChI is InChI=1S/C17H18BrNO3/c1-17(21,12-6-4-3-5-7-12)11-19-16(20)14-10-13(22-2)8-9-15(14)18/h3-10,21H,11H2,1-2H3,(H,19,20). The molecule has 2 rings (SSSR count). The first-order valence-corrected chi connectivity index (χ1v) is 7.63. The summed E-state index contributed by atoms with van der Waals surface area (Å²) in [4.78, 5) is 12.3. The van der Waals surface area contributed by atoms with Gasteiger partial charge in [0.25, 0.3) is 5.91 Å². The van der Waals surface area contributed by atoms with Crippen molar-refractivity contribution in [2.45, 2.75) is 12.5 Å². The molecular formula is C17H18BrNO3. The highest BCUT2D eigenvalue weighted by molar-refractivity contribution is 9.10. The zero-order valence-corrected chi connectivity index (χ0v) is 14.1. The Labute approximate surface area is 138 Å². The number of methoxy groups -OCH3 is 1. The van der Waals surface area contributed by atoms with Crippen LogP contribution in [0.15, 0.2) is 53.0 Å². The van der Waals surface area contributed by atoms with Gasteiger partial charge in [0.15, 0.2) is 0 Å². The van der Waals surface area contributed by atoms with Crippen LogP contribution in [-0.4, -0.2) is 24.7 Å². The molecule has 4 nitrogen and oxygen atoms in total. The molecular weight excluding hydrogens is 346 g/mol. The lowest BCUT2D eigenvalue weighted by molar-refractivity contribution is 0.0526. The molecule has 0 aliphatic carbocycles. The van der Waals surface area contributed by atoms with Crippen LogP contribution in [-0.2, 0) is 5.60 Å². The lowest BCUT2D eigenvalue weighted by Gasteiger charge is -2.24. The van der Waals surface area contributed by atoms with Gasteiger partial charge in [-0.15, -0.1) is 0 Å². The van der Waals surface area contributed by atoms with Crippen molar-refractivity contribution in [1.82, 2.24) is 5.32 Å². The summed E-state index contributed by atoms with van der Waals surface area (Å²) in [7, 11) is 1.55. The number of carbonyl (C=O) groups is 1. The second kappa shape index (κ2) is 6.94. The van der Waals surface area contributed by atoms with Crippen molar-refractivity contribution in [3.8, 4) is 5.75 Å². The van der Waals surface area contributed by atoms with E-state index in [9.17, 15) is 9.90 Å². The summed E-state index contributed by atoms with van der Waals surface area (Å²) in [6, 6.07) is 14.4. The van der Waals surface area contributed by atoms with Crippen molar-refractivity contribution in [2.75, 3.05) is 13.7 Å². The molecule has 0 aromatic heterocycles. The van der Waals surface area contributed by atoms with Gasteiger partial charge in [0.1, 0.15) is 11.4 Å². The zero-order chi connectivity index (χ0) is 16.2. The van der Waals surface area contributed by atoms with Gasteiger partial charge < -0.3 is 15.2 Å². The number of amides is 1. The first-order chi connectivity index (χ1) is 10.4. The molecule has 2 aromatic rings. The predicted molar refractivity (Wildman–Crippen MR) is 89.0 cm³/mol. The van der Waals surface area contributed by atoms with E-state index in [1.54, 1.807) is 32.2 Å². The third kappa shape index (κ3) is 3.87. The minimum Gasteiger partial charge on any atom is -0.497 e. The van der Waals surface area contributed by atoms with Crippen molar-refractivity contribution < 1.29 is 14.6 Å². The number of rotatable bonds is 5. The number of aliphatic hydroxyl groups is 1. The van der Waals surface area contributed by atoms with Crippen molar-refractivity contribution in [1.29, 1.82) is 0 Å². The number of hydrogen-bond donors (Lipinski definition) is 2. The molecule has 0 saturated carbocycles. The van der Waals surface area contributed by atoms with Crippen LogP contribution in [0.25, 0.3) is 0 Å². The van der Waals surface area contributed by atoms with Crippen LogP contribution in [0.3, 0.4) is 0 Å². The summed E-state index contributed by atoms with van der Waals surface area (Å²) < 4.78 is 5.80. The molecule has 0 radical (unpaired) electrons. The number of nitrogens with one attached hydrogen (secondary N) is 1. The van der Waals surface area contributed by atoms with Crippen molar-refractivity contribution in [3.05, 3.63) is 64.1 Å². The van der Waals surface area contributed by atoms with Crippen LogP contribution in [0.1, 0.15) is 22.8 Å². The summed E-state index contributed by atoms with van der Waals surface area (Å²) in [5, 5.41) is 13.3. The Morgan fingerprint density at radius 3 is 2.59 bits per heavy atom. The van der Waals surface area contributed by atoms with Crippen LogP contribution in [0, 0.1) is 0 Å². The summed E-state index contributed by atoms with van der Waals surface area (Å²) in [5.74, 6) is 0.324. The van der Waals surface area contributed by atoms with E-state index < -0.39 is 5.60 Å². The summed E-state index contributed by atoms with van der Waals surface area (Å²) in [6.07, 6.45) is 0. The van der Waals surface area contributed by atoms with Crippen LogP contribution >= 0.6 is 15.9 Å². The second-order valence-corrected chi connectivity index (χ2v) is 6.02. The van der Waals surface area contributed by atoms with Gasteiger partial charge in [0.2, 0.25) is 0 Å². The SMILES string of the molecule is COc1ccc(Br)c(C(=O)NCC(C)(O)c2ccccc2)c1. The molecule has 1 amide bonds. The maximum Gasteiger partial charge on any atom is 0.252 e. The van der Waals surface area contributed by atoms with E-state index in [-0.39, 0.29) is 12.5 Å². The Morgan fingerprint density at radius 2 is 1.95 bits per heavy atom. The summed E-state index contributed by atoms with van der Waals surface area (Å²) in [5.41, 5.74) is 0.0747. The predicted octanol–water partition coefficient (Wildman–Crippen LogP) is 3.10. The van der Waals surface area contributed by atoms with Crippen molar-refractivity contribution in [3.63, 3.8) is 0 Å². The van der Waals surface area contributed by atoms with Crippen molar-refractivity contribution >= 4 is 21.8 Å². The van der Waals surface area contributed by atoms with Gasteiger partial charge in [0.05, 0.1) is 19.2 Å². The average molecular weight is 364 g/mol. The van der Waals surface area contributed by atoms with Crippen LogP contribution in [0.2, 0.25) is 0 Å². The fraction of sp³-hybridized carbons (Fsp3) is 0.235. The second-order valence-electron chi connectivity index (χ2n) is 5.17. The van der Waals surface area contributed by atoms with E-state index in [1.165, 1.54) is 0 Å². The number of carbonyl (C=O) groups excluding carboxylic acids is 1. The monoisotopic (exact) mass is 363 g/mol. The molecule has 0 spiro atoms. The molecule has 0 heterocycles. The first-order valence-electron chi connectivity index (χ1n) is 6.83. The first kappa shape index (κ1) is 16.5. The number of ether oxygens (including phenoxy) is 1. The number of hydrogen-bond acceptors (Lipinski definition) is 3. The van der Waals surface area contributed by atoms with Crippen LogP contribution < -0.4 is 10.1 Å². The lowest BCUT2D eigenvalue weighted by Crippen LogP contribution is -2.38. The van der Waals surface area contributed by atoms with Gasteiger partial charge in [-0.05, 0) is 46.6 Å². The smallest absolute Gasteiger partial charge is 0.252 e. The normalized spacial score (nSPS) is 13.3. The van der Waals surface area contributed by atoms with E-state index in [2.05, 4.69) is 21.2 Å². The molecule has 2 aromatic carbocycles. The van der Waals surface area contributed by atoms with Crippen molar-refractivity contribution in [2.24, 2.45) is 0 Å². The van der Waals surface area contributed by atoms with E-state index in [0.29, 0.717) is 15.8 Å². The molecule has 0 aliphatic heterocycles. The molecule has 22 heavy (non-hydrogen) atoms. The minimum absolute atomic E-state index is 0.111. The average Bonchev–Trinajstić information content (AvgIpc) is 2.54. The molecule has 0 aliphatic rings. The van der Waals surface area contributed by atoms with Gasteiger partial charge in [-0.1, -0.05) is 30.3 Å². The van der Waals surface area contributed by atoms with Gasteiger partial charge >= 0.3 is 0 Å². The van der Waals surface area contributed by atoms with Gasteiger partial charge in [-0.2, -0.15) is 0 Å². The topological polar surface area (TPSA) is 58.6 Å². The summed E-state index contributed by atoms with van der Waals surface area (Å²) >= 11 is 3.35. The van der Waals surface area contributed by atoms with Crippen LogP contribution in [0.4, 0.5) is 0 Å². The van der Waals surface area contributed by atoms with E-state index in [4.69, 9.17) is 4.74 Å². The lowest BCUT2D eigenvalue weighted by atomic mass is 9.96. The third-order valence-corrected chi connectivity index (χ3v) is 4.10. The number of halogens is 1. The Hall–Kier alpha value is -1.85. The molecule has 5 heteroatoms. The minimum atomic E-state index is -1.14. The Balaban J connectivity index is 2.10. The zero-order valence-electron chi connectivity index (χ0n) is 12.5. The Bertz CT molecular complexity index is 656. The third-order valence-electron chi connectivity index (χ3n) is 3.41. The molecule has 0 bridgehead atoms. The largest absolute Gasteiger partial charge is 0.497 e. The van der Waals surface area contributed by atoms with Gasteiger partial charge in [-0.25, -0.2) is 0 Å². The quantitative estimate of drug-likeness (QED) is 0.857. The maximum absolute atomic E-state index is 12.3. The van der Waals surface area contributed by atoms with Gasteiger partial charge in [-0.3, -0.25) is 4.79 Å². The Kier molecular flexibility index (Phi) is 5.21. The molecule has 0 fully saturated rings. The molecule has 116 valence electrons. The molecule has 0 saturated heterocycles. The van der Waals surface area contributed by atoms with Gasteiger partial charge in [0, 0.05) is 4.47 Å². The maximum atomic E-state index is 12.3.